The van der Waals surface area contributed by atoms with E-state index < -0.39 is 11.4 Å². The van der Waals surface area contributed by atoms with Gasteiger partial charge in [0, 0.05) is 0 Å². The van der Waals surface area contributed by atoms with Gasteiger partial charge in [0.2, 0.25) is 0 Å². The number of hydrogen-bond acceptors (Lipinski definition) is 1. The lowest BCUT2D eigenvalue weighted by Crippen LogP contribution is -2.23. The van der Waals surface area contributed by atoms with Gasteiger partial charge in [0.1, 0.15) is 0 Å². The van der Waals surface area contributed by atoms with E-state index in [0.29, 0.717) is 0 Å². The van der Waals surface area contributed by atoms with Gasteiger partial charge in [-0.3, -0.25) is 4.79 Å². The molecule has 0 aromatic carbocycles. The average Bonchev–Trinajstić information content (AvgIpc) is 2.97. The second kappa shape index (κ2) is 11.7. The number of rotatable bonds is 13. The average molecular weight is 337 g/mol. The smallest absolute Gasteiger partial charge is 0.309 e. The minimum atomic E-state index is -0.664. The molecule has 1 rings (SSSR count). The molecule has 0 aliphatic heterocycles. The van der Waals surface area contributed by atoms with Crippen molar-refractivity contribution < 1.29 is 9.90 Å². The van der Waals surface area contributed by atoms with Crippen LogP contribution in [-0.4, -0.2) is 11.1 Å². The molecule has 0 amide bonds. The molecule has 0 radical (unpaired) electrons. The summed E-state index contributed by atoms with van der Waals surface area (Å²) in [5, 5.41) is 9.15. The van der Waals surface area contributed by atoms with Gasteiger partial charge >= 0.3 is 5.97 Å². The Hall–Kier alpha value is -0.790. The Balaban J connectivity index is 2.15. The highest BCUT2D eigenvalue weighted by Gasteiger charge is 2.27. The standard InChI is InChI=1S/C22H40O2/c1-4-5-6-7-8-10-14-19-16-13-17-20(19)15-11-9-12-18-22(2,3)21(23)24/h10,14,19-20H,4-9,11-13,15-18H2,1-3H3,(H,23,24)/b14-10-/t19-,20-/m0/s1. The van der Waals surface area contributed by atoms with E-state index >= 15 is 0 Å². The molecule has 0 aromatic rings. The van der Waals surface area contributed by atoms with Gasteiger partial charge in [-0.15, -0.1) is 0 Å². The van der Waals surface area contributed by atoms with E-state index in [4.69, 9.17) is 5.11 Å². The van der Waals surface area contributed by atoms with Crippen LogP contribution in [0.25, 0.3) is 0 Å². The fourth-order valence-corrected chi connectivity index (χ4v) is 3.89. The van der Waals surface area contributed by atoms with Gasteiger partial charge in [-0.1, -0.05) is 64.0 Å². The first-order valence-corrected chi connectivity index (χ1v) is 10.4. The van der Waals surface area contributed by atoms with Crippen molar-refractivity contribution in [1.82, 2.24) is 0 Å². The quantitative estimate of drug-likeness (QED) is 0.290. The molecule has 0 aromatic heterocycles. The molecule has 1 saturated carbocycles. The van der Waals surface area contributed by atoms with E-state index in [2.05, 4.69) is 19.1 Å². The molecule has 1 fully saturated rings. The normalized spacial score (nSPS) is 21.6. The molecule has 140 valence electrons. The molecule has 1 aliphatic carbocycles. The van der Waals surface area contributed by atoms with Crippen LogP contribution in [0.2, 0.25) is 0 Å². The molecule has 24 heavy (non-hydrogen) atoms. The van der Waals surface area contributed by atoms with Crippen LogP contribution in [0.4, 0.5) is 0 Å². The number of carbonyl (C=O) groups is 1. The van der Waals surface area contributed by atoms with Crippen LogP contribution in [0, 0.1) is 17.3 Å². The Morgan fingerprint density at radius 3 is 2.54 bits per heavy atom. The number of allylic oxidation sites excluding steroid dienone is 2. The van der Waals surface area contributed by atoms with E-state index in [-0.39, 0.29) is 0 Å². The first-order chi connectivity index (χ1) is 11.5. The van der Waals surface area contributed by atoms with Crippen molar-refractivity contribution in [2.24, 2.45) is 17.3 Å². The summed E-state index contributed by atoms with van der Waals surface area (Å²) in [5.41, 5.74) is -0.559. The molecule has 2 nitrogen and oxygen atoms in total. The molecular weight excluding hydrogens is 296 g/mol. The summed E-state index contributed by atoms with van der Waals surface area (Å²) in [7, 11) is 0. The maximum atomic E-state index is 11.1. The Kier molecular flexibility index (Phi) is 10.4. The maximum absolute atomic E-state index is 11.1. The van der Waals surface area contributed by atoms with Crippen molar-refractivity contribution in [3.8, 4) is 0 Å². The minimum Gasteiger partial charge on any atom is -0.481 e. The van der Waals surface area contributed by atoms with E-state index in [1.165, 1.54) is 70.6 Å². The van der Waals surface area contributed by atoms with Crippen LogP contribution < -0.4 is 0 Å². The van der Waals surface area contributed by atoms with Gasteiger partial charge in [0.25, 0.3) is 0 Å². The predicted octanol–water partition coefficient (Wildman–Crippen LogP) is 6.99. The van der Waals surface area contributed by atoms with Crippen molar-refractivity contribution in [1.29, 1.82) is 0 Å². The molecule has 0 spiro atoms. The lowest BCUT2D eigenvalue weighted by molar-refractivity contribution is -0.147. The first kappa shape index (κ1) is 21.3. The van der Waals surface area contributed by atoms with Crippen molar-refractivity contribution in [3.63, 3.8) is 0 Å². The van der Waals surface area contributed by atoms with Crippen molar-refractivity contribution in [2.45, 2.75) is 104 Å². The van der Waals surface area contributed by atoms with Gasteiger partial charge in [0.15, 0.2) is 0 Å². The highest BCUT2D eigenvalue weighted by molar-refractivity contribution is 5.73. The zero-order valence-electron chi connectivity index (χ0n) is 16.4. The van der Waals surface area contributed by atoms with Crippen LogP contribution in [0.1, 0.15) is 104 Å². The fourth-order valence-electron chi connectivity index (χ4n) is 3.89. The van der Waals surface area contributed by atoms with E-state index in [9.17, 15) is 4.79 Å². The Morgan fingerprint density at radius 1 is 1.08 bits per heavy atom. The lowest BCUT2D eigenvalue weighted by Gasteiger charge is -2.19. The lowest BCUT2D eigenvalue weighted by atomic mass is 9.86. The van der Waals surface area contributed by atoms with Crippen LogP contribution >= 0.6 is 0 Å². The summed E-state index contributed by atoms with van der Waals surface area (Å²) in [5.74, 6) is 1.03. The minimum absolute atomic E-state index is 0.559. The molecular formula is C22H40O2. The third-order valence-corrected chi connectivity index (χ3v) is 5.78. The molecule has 2 atom stereocenters. The van der Waals surface area contributed by atoms with Crippen molar-refractivity contribution in [3.05, 3.63) is 12.2 Å². The molecule has 0 heterocycles. The Bertz CT molecular complexity index is 370. The van der Waals surface area contributed by atoms with Gasteiger partial charge < -0.3 is 5.11 Å². The van der Waals surface area contributed by atoms with Crippen LogP contribution in [0.3, 0.4) is 0 Å². The number of hydrogen-bond donors (Lipinski definition) is 1. The zero-order chi connectivity index (χ0) is 17.8. The summed E-state index contributed by atoms with van der Waals surface area (Å²) in [6.45, 7) is 5.95. The molecule has 2 heteroatoms. The van der Waals surface area contributed by atoms with E-state index in [0.717, 1.165) is 24.7 Å². The van der Waals surface area contributed by atoms with E-state index in [1.54, 1.807) is 0 Å². The largest absolute Gasteiger partial charge is 0.481 e. The topological polar surface area (TPSA) is 37.3 Å². The van der Waals surface area contributed by atoms with Gasteiger partial charge in [0.05, 0.1) is 5.41 Å². The molecule has 0 bridgehead atoms. The number of aliphatic carboxylic acids is 1. The zero-order valence-corrected chi connectivity index (χ0v) is 16.4. The van der Waals surface area contributed by atoms with Gasteiger partial charge in [-0.2, -0.15) is 0 Å². The second-order valence-electron chi connectivity index (χ2n) is 8.42. The number of unbranched alkanes of at least 4 members (excludes halogenated alkanes) is 6. The van der Waals surface area contributed by atoms with Crippen molar-refractivity contribution in [2.75, 3.05) is 0 Å². The fraction of sp³-hybridized carbons (Fsp3) is 0.864. The van der Waals surface area contributed by atoms with Crippen molar-refractivity contribution >= 4 is 5.97 Å². The molecule has 0 saturated heterocycles. The Morgan fingerprint density at radius 2 is 1.83 bits per heavy atom. The van der Waals surface area contributed by atoms with Gasteiger partial charge in [-0.25, -0.2) is 0 Å². The number of carboxylic acids is 1. The molecule has 0 unspecified atom stereocenters. The molecule has 1 aliphatic rings. The maximum Gasteiger partial charge on any atom is 0.309 e. The summed E-state index contributed by atoms with van der Waals surface area (Å²) < 4.78 is 0. The third-order valence-electron chi connectivity index (χ3n) is 5.78. The number of carboxylic acid groups (broad SMARTS) is 1. The summed E-state index contributed by atoms with van der Waals surface area (Å²) in [4.78, 5) is 11.1. The first-order valence-electron chi connectivity index (χ1n) is 10.4. The third kappa shape index (κ3) is 8.35. The summed E-state index contributed by atoms with van der Waals surface area (Å²) in [6.07, 6.45) is 21.4. The van der Waals surface area contributed by atoms with Crippen LogP contribution in [-0.2, 0) is 4.79 Å². The molecule has 1 N–H and O–H groups in total. The van der Waals surface area contributed by atoms with Crippen LogP contribution in [0.5, 0.6) is 0 Å². The highest BCUT2D eigenvalue weighted by Crippen LogP contribution is 2.36. The summed E-state index contributed by atoms with van der Waals surface area (Å²) in [6, 6.07) is 0. The highest BCUT2D eigenvalue weighted by atomic mass is 16.4. The predicted molar refractivity (Wildman–Crippen MR) is 103 cm³/mol. The SMILES string of the molecule is CCCCCC/C=C\[C@H]1CCC[C@@H]1CCCCCC(C)(C)C(=O)O. The van der Waals surface area contributed by atoms with Crippen LogP contribution in [0.15, 0.2) is 12.2 Å². The van der Waals surface area contributed by atoms with E-state index in [1.807, 2.05) is 13.8 Å². The Labute approximate surface area is 150 Å². The summed E-state index contributed by atoms with van der Waals surface area (Å²) >= 11 is 0. The monoisotopic (exact) mass is 336 g/mol. The van der Waals surface area contributed by atoms with Gasteiger partial charge in [-0.05, 0) is 64.2 Å². The second-order valence-corrected chi connectivity index (χ2v) is 8.42.